The summed E-state index contributed by atoms with van der Waals surface area (Å²) in [7, 11) is 1.69. The number of rotatable bonds is 5. The van der Waals surface area contributed by atoms with Crippen molar-refractivity contribution in [3.8, 4) is 5.75 Å². The number of ether oxygens (including phenoxy) is 1. The quantitative estimate of drug-likeness (QED) is 0.746. The lowest BCUT2D eigenvalue weighted by atomic mass is 10.3. The molecule has 0 radical (unpaired) electrons. The summed E-state index contributed by atoms with van der Waals surface area (Å²) in [5.74, 6) is 0.903. The van der Waals surface area contributed by atoms with E-state index in [0.717, 1.165) is 19.0 Å². The standard InChI is InChI=1S/C14H20N2O.HI/c1-3-4-9-15-10-11-16(12-15)13-5-7-14(17-2)8-6-13;/h5-8,10-11H,3-4,9,12H2,1-2H3;1H. The molecule has 1 aromatic rings. The third-order valence-corrected chi connectivity index (χ3v) is 2.99. The highest BCUT2D eigenvalue weighted by atomic mass is 127. The van der Waals surface area contributed by atoms with Crippen LogP contribution in [0.25, 0.3) is 0 Å². The SMILES string of the molecule is CCCCN1C=CN(c2ccc(OC)cc2)C1.I. The van der Waals surface area contributed by atoms with Crippen LogP contribution in [0.15, 0.2) is 36.7 Å². The molecule has 1 aliphatic heterocycles. The topological polar surface area (TPSA) is 15.7 Å². The highest BCUT2D eigenvalue weighted by Gasteiger charge is 2.12. The minimum Gasteiger partial charge on any atom is -0.497 e. The van der Waals surface area contributed by atoms with Gasteiger partial charge < -0.3 is 14.5 Å². The van der Waals surface area contributed by atoms with Gasteiger partial charge in [0.05, 0.1) is 13.8 Å². The second-order valence-electron chi connectivity index (χ2n) is 4.27. The summed E-state index contributed by atoms with van der Waals surface area (Å²) >= 11 is 0. The first kappa shape index (κ1) is 15.1. The first-order valence-electron chi connectivity index (χ1n) is 6.16. The van der Waals surface area contributed by atoms with Crippen LogP contribution in [0.4, 0.5) is 5.69 Å². The average Bonchev–Trinajstić information content (AvgIpc) is 2.85. The molecule has 0 saturated heterocycles. The van der Waals surface area contributed by atoms with E-state index < -0.39 is 0 Å². The van der Waals surface area contributed by atoms with Crippen LogP contribution in [0.5, 0.6) is 5.75 Å². The van der Waals surface area contributed by atoms with E-state index >= 15 is 0 Å². The normalized spacial score (nSPS) is 13.7. The van der Waals surface area contributed by atoms with E-state index in [4.69, 9.17) is 4.74 Å². The van der Waals surface area contributed by atoms with Gasteiger partial charge in [-0.1, -0.05) is 13.3 Å². The summed E-state index contributed by atoms with van der Waals surface area (Å²) in [5.41, 5.74) is 1.21. The molecule has 0 bridgehead atoms. The Morgan fingerprint density at radius 2 is 1.89 bits per heavy atom. The first-order valence-corrected chi connectivity index (χ1v) is 6.16. The molecule has 1 heterocycles. The summed E-state index contributed by atoms with van der Waals surface area (Å²) in [5, 5.41) is 0. The maximum Gasteiger partial charge on any atom is 0.119 e. The zero-order chi connectivity index (χ0) is 12.1. The monoisotopic (exact) mass is 360 g/mol. The van der Waals surface area contributed by atoms with Crippen LogP contribution in [-0.2, 0) is 0 Å². The maximum absolute atomic E-state index is 5.16. The van der Waals surface area contributed by atoms with Gasteiger partial charge in [0.15, 0.2) is 0 Å². The molecule has 0 unspecified atom stereocenters. The van der Waals surface area contributed by atoms with Gasteiger partial charge in [-0.2, -0.15) is 0 Å². The Morgan fingerprint density at radius 3 is 2.50 bits per heavy atom. The molecule has 0 fully saturated rings. The van der Waals surface area contributed by atoms with E-state index in [1.54, 1.807) is 7.11 Å². The van der Waals surface area contributed by atoms with Crippen molar-refractivity contribution >= 4 is 29.7 Å². The van der Waals surface area contributed by atoms with Gasteiger partial charge in [-0.25, -0.2) is 0 Å². The third-order valence-electron chi connectivity index (χ3n) is 2.99. The van der Waals surface area contributed by atoms with Gasteiger partial charge in [-0.3, -0.25) is 0 Å². The molecule has 0 N–H and O–H groups in total. The molecule has 3 nitrogen and oxygen atoms in total. The van der Waals surface area contributed by atoms with Crippen LogP contribution >= 0.6 is 24.0 Å². The summed E-state index contributed by atoms with van der Waals surface area (Å²) in [6.07, 6.45) is 6.80. The van der Waals surface area contributed by atoms with Crippen molar-refractivity contribution in [2.24, 2.45) is 0 Å². The predicted octanol–water partition coefficient (Wildman–Crippen LogP) is 3.66. The van der Waals surface area contributed by atoms with Gasteiger partial charge >= 0.3 is 0 Å². The summed E-state index contributed by atoms with van der Waals surface area (Å²) in [6, 6.07) is 8.18. The Kier molecular flexibility index (Phi) is 6.32. The van der Waals surface area contributed by atoms with Crippen LogP contribution in [0.1, 0.15) is 19.8 Å². The highest BCUT2D eigenvalue weighted by molar-refractivity contribution is 14.0. The summed E-state index contributed by atoms with van der Waals surface area (Å²) in [4.78, 5) is 4.59. The van der Waals surface area contributed by atoms with Crippen LogP contribution in [0.3, 0.4) is 0 Å². The molecule has 0 spiro atoms. The van der Waals surface area contributed by atoms with Crippen LogP contribution in [0, 0.1) is 0 Å². The van der Waals surface area contributed by atoms with Gasteiger partial charge in [0.2, 0.25) is 0 Å². The highest BCUT2D eigenvalue weighted by Crippen LogP contribution is 2.22. The molecule has 0 aromatic heterocycles. The number of anilines is 1. The number of methoxy groups -OCH3 is 1. The smallest absolute Gasteiger partial charge is 0.119 e. The van der Waals surface area contributed by atoms with Gasteiger partial charge in [-0.05, 0) is 30.7 Å². The summed E-state index contributed by atoms with van der Waals surface area (Å²) < 4.78 is 5.16. The molecular weight excluding hydrogens is 339 g/mol. The lowest BCUT2D eigenvalue weighted by molar-refractivity contribution is 0.396. The molecular formula is C14H21IN2O. The minimum atomic E-state index is 0. The molecule has 0 amide bonds. The fourth-order valence-corrected chi connectivity index (χ4v) is 1.91. The Labute approximate surface area is 126 Å². The van der Waals surface area contributed by atoms with E-state index in [2.05, 4.69) is 41.3 Å². The van der Waals surface area contributed by atoms with Gasteiger partial charge in [0, 0.05) is 24.6 Å². The fourth-order valence-electron chi connectivity index (χ4n) is 1.91. The average molecular weight is 360 g/mol. The molecule has 18 heavy (non-hydrogen) atoms. The van der Waals surface area contributed by atoms with Crippen molar-refractivity contribution < 1.29 is 4.74 Å². The van der Waals surface area contributed by atoms with Gasteiger partial charge in [-0.15, -0.1) is 24.0 Å². The Bertz CT molecular complexity index is 378. The number of unbranched alkanes of at least 4 members (excludes halogenated alkanes) is 1. The van der Waals surface area contributed by atoms with Gasteiger partial charge in [0.25, 0.3) is 0 Å². The van der Waals surface area contributed by atoms with E-state index in [1.165, 1.54) is 18.5 Å². The molecule has 0 atom stereocenters. The van der Waals surface area contributed by atoms with Crippen molar-refractivity contribution in [3.05, 3.63) is 36.7 Å². The number of hydrogen-bond acceptors (Lipinski definition) is 3. The number of hydrogen-bond donors (Lipinski definition) is 0. The van der Waals surface area contributed by atoms with Crippen molar-refractivity contribution in [1.29, 1.82) is 0 Å². The van der Waals surface area contributed by atoms with Gasteiger partial charge in [0.1, 0.15) is 5.75 Å². The third kappa shape index (κ3) is 3.80. The van der Waals surface area contributed by atoms with Crippen molar-refractivity contribution in [3.63, 3.8) is 0 Å². The molecule has 4 heteroatoms. The van der Waals surface area contributed by atoms with Crippen LogP contribution in [-0.4, -0.2) is 25.2 Å². The Balaban J connectivity index is 0.00000162. The second kappa shape index (κ2) is 7.51. The van der Waals surface area contributed by atoms with Crippen molar-refractivity contribution in [2.75, 3.05) is 25.2 Å². The van der Waals surface area contributed by atoms with E-state index in [9.17, 15) is 0 Å². The number of benzene rings is 1. The van der Waals surface area contributed by atoms with Crippen molar-refractivity contribution in [1.82, 2.24) is 4.90 Å². The Morgan fingerprint density at radius 1 is 1.17 bits per heavy atom. The first-order chi connectivity index (χ1) is 8.33. The van der Waals surface area contributed by atoms with Crippen LogP contribution in [0.2, 0.25) is 0 Å². The fraction of sp³-hybridized carbons (Fsp3) is 0.429. The predicted molar refractivity (Wildman–Crippen MR) is 86.5 cm³/mol. The van der Waals surface area contributed by atoms with E-state index in [-0.39, 0.29) is 24.0 Å². The molecule has 0 aliphatic carbocycles. The number of halogens is 1. The second-order valence-corrected chi connectivity index (χ2v) is 4.27. The minimum absolute atomic E-state index is 0. The Hall–Kier alpha value is -0.910. The largest absolute Gasteiger partial charge is 0.497 e. The molecule has 1 aliphatic rings. The maximum atomic E-state index is 5.16. The summed E-state index contributed by atoms with van der Waals surface area (Å²) in [6.45, 7) is 4.31. The van der Waals surface area contributed by atoms with Crippen molar-refractivity contribution in [2.45, 2.75) is 19.8 Å². The zero-order valence-electron chi connectivity index (χ0n) is 11.0. The molecule has 1 aromatic carbocycles. The van der Waals surface area contributed by atoms with Crippen LogP contribution < -0.4 is 9.64 Å². The number of nitrogens with zero attached hydrogens (tertiary/aromatic N) is 2. The molecule has 0 saturated carbocycles. The van der Waals surface area contributed by atoms with E-state index in [1.807, 2.05) is 12.1 Å². The van der Waals surface area contributed by atoms with E-state index in [0.29, 0.717) is 0 Å². The zero-order valence-corrected chi connectivity index (χ0v) is 13.3. The lowest BCUT2D eigenvalue weighted by Gasteiger charge is -2.21. The lowest BCUT2D eigenvalue weighted by Crippen LogP contribution is -2.25. The molecule has 2 rings (SSSR count). The molecule has 100 valence electrons.